The number of alkyl halides is 3. The molecule has 0 aliphatic carbocycles. The van der Waals surface area contributed by atoms with Gasteiger partial charge in [-0.3, -0.25) is 9.59 Å². The summed E-state index contributed by atoms with van der Waals surface area (Å²) in [4.78, 5) is 24.4. The van der Waals surface area contributed by atoms with Crippen LogP contribution in [0, 0.1) is 5.92 Å². The maximum absolute atomic E-state index is 12.8. The largest absolute Gasteiger partial charge is 0.393 e. The number of carbonyl (C=O) groups is 2. The fraction of sp³-hybridized carbons (Fsp3) is 0.467. The molecule has 1 aliphatic heterocycles. The Bertz CT molecular complexity index is 555. The molecule has 4 nitrogen and oxygen atoms in total. The molecule has 1 N–H and O–H groups in total. The van der Waals surface area contributed by atoms with Crippen molar-refractivity contribution in [2.75, 3.05) is 18.4 Å². The van der Waals surface area contributed by atoms with Crippen molar-refractivity contribution in [1.82, 2.24) is 4.90 Å². The number of nitrogens with zero attached hydrogens (tertiary/aromatic N) is 1. The summed E-state index contributed by atoms with van der Waals surface area (Å²) in [5.41, 5.74) is 0.854. The van der Waals surface area contributed by atoms with Crippen molar-refractivity contribution < 1.29 is 22.8 Å². The Morgan fingerprint density at radius 3 is 2.41 bits per heavy atom. The van der Waals surface area contributed by atoms with Gasteiger partial charge in [-0.1, -0.05) is 0 Å². The fourth-order valence-corrected chi connectivity index (χ4v) is 2.51. The molecule has 0 spiro atoms. The normalized spacial score (nSPS) is 18.9. The van der Waals surface area contributed by atoms with Crippen molar-refractivity contribution in [3.63, 3.8) is 0 Å². The summed E-state index contributed by atoms with van der Waals surface area (Å²) in [6.45, 7) is 1.40. The summed E-state index contributed by atoms with van der Waals surface area (Å²) < 4.78 is 38.3. The highest BCUT2D eigenvalue weighted by molar-refractivity contribution is 5.95. The van der Waals surface area contributed by atoms with Crippen LogP contribution in [-0.2, 0) is 4.79 Å². The molecule has 0 bridgehead atoms. The summed E-state index contributed by atoms with van der Waals surface area (Å²) in [5.74, 6) is -2.10. The van der Waals surface area contributed by atoms with Gasteiger partial charge in [0.15, 0.2) is 0 Å². The van der Waals surface area contributed by atoms with Gasteiger partial charge < -0.3 is 10.2 Å². The van der Waals surface area contributed by atoms with E-state index in [1.807, 2.05) is 0 Å². The number of rotatable bonds is 2. The van der Waals surface area contributed by atoms with E-state index in [4.69, 9.17) is 0 Å². The number of hydrogen-bond donors (Lipinski definition) is 1. The lowest BCUT2D eigenvalue weighted by Crippen LogP contribution is -2.44. The highest BCUT2D eigenvalue weighted by atomic mass is 19.4. The summed E-state index contributed by atoms with van der Waals surface area (Å²) >= 11 is 0. The fourth-order valence-electron chi connectivity index (χ4n) is 2.51. The molecular weight excluding hydrogens is 297 g/mol. The standard InChI is InChI=1S/C15H17F3N2O2/c1-10(21)19-13-6-4-11(5-7-13)14(22)20-8-2-3-12(9-20)15(16,17)18/h4-7,12H,2-3,8-9H2,1H3,(H,19,21). The average molecular weight is 314 g/mol. The number of halogens is 3. The van der Waals surface area contributed by atoms with E-state index in [1.54, 1.807) is 12.1 Å². The monoisotopic (exact) mass is 314 g/mol. The van der Waals surface area contributed by atoms with Crippen LogP contribution in [0.1, 0.15) is 30.1 Å². The second-order valence-electron chi connectivity index (χ2n) is 5.39. The molecular formula is C15H17F3N2O2. The quantitative estimate of drug-likeness (QED) is 0.912. The molecule has 0 saturated carbocycles. The highest BCUT2D eigenvalue weighted by Crippen LogP contribution is 2.33. The van der Waals surface area contributed by atoms with Crippen molar-refractivity contribution in [1.29, 1.82) is 0 Å². The molecule has 120 valence electrons. The lowest BCUT2D eigenvalue weighted by atomic mass is 9.97. The summed E-state index contributed by atoms with van der Waals surface area (Å²) in [7, 11) is 0. The van der Waals surface area contributed by atoms with Gasteiger partial charge >= 0.3 is 6.18 Å². The van der Waals surface area contributed by atoms with E-state index in [9.17, 15) is 22.8 Å². The summed E-state index contributed by atoms with van der Waals surface area (Å²) in [6.07, 6.45) is -3.86. The van der Waals surface area contributed by atoms with Crippen LogP contribution in [0.3, 0.4) is 0 Å². The Hall–Kier alpha value is -2.05. The van der Waals surface area contributed by atoms with E-state index >= 15 is 0 Å². The van der Waals surface area contributed by atoms with Crippen LogP contribution in [0.15, 0.2) is 24.3 Å². The van der Waals surface area contributed by atoms with Gasteiger partial charge in [-0.2, -0.15) is 13.2 Å². The van der Waals surface area contributed by atoms with E-state index in [-0.39, 0.29) is 18.9 Å². The average Bonchev–Trinajstić information content (AvgIpc) is 2.46. The predicted molar refractivity (Wildman–Crippen MR) is 75.4 cm³/mol. The zero-order valence-corrected chi connectivity index (χ0v) is 12.1. The van der Waals surface area contributed by atoms with E-state index < -0.39 is 18.0 Å². The Balaban J connectivity index is 2.06. The topological polar surface area (TPSA) is 49.4 Å². The zero-order chi connectivity index (χ0) is 16.3. The lowest BCUT2D eigenvalue weighted by Gasteiger charge is -2.33. The number of anilines is 1. The van der Waals surface area contributed by atoms with E-state index in [2.05, 4.69) is 5.32 Å². The van der Waals surface area contributed by atoms with Gasteiger partial charge in [-0.25, -0.2) is 0 Å². The Kier molecular flexibility index (Phi) is 4.73. The van der Waals surface area contributed by atoms with E-state index in [0.717, 1.165) is 0 Å². The van der Waals surface area contributed by atoms with Crippen molar-refractivity contribution in [3.05, 3.63) is 29.8 Å². The van der Waals surface area contributed by atoms with Crippen molar-refractivity contribution in [2.24, 2.45) is 5.92 Å². The van der Waals surface area contributed by atoms with Gasteiger partial charge in [0.25, 0.3) is 5.91 Å². The van der Waals surface area contributed by atoms with E-state index in [0.29, 0.717) is 24.2 Å². The first-order chi connectivity index (χ1) is 10.3. The van der Waals surface area contributed by atoms with Gasteiger partial charge in [-0.05, 0) is 37.1 Å². The molecule has 1 aliphatic rings. The number of piperidine rings is 1. The Morgan fingerprint density at radius 1 is 1.23 bits per heavy atom. The molecule has 1 atom stereocenters. The molecule has 2 rings (SSSR count). The van der Waals surface area contributed by atoms with Gasteiger partial charge in [0.2, 0.25) is 5.91 Å². The first-order valence-electron chi connectivity index (χ1n) is 7.01. The third-order valence-electron chi connectivity index (χ3n) is 3.62. The van der Waals surface area contributed by atoms with Crippen LogP contribution in [0.4, 0.5) is 18.9 Å². The SMILES string of the molecule is CC(=O)Nc1ccc(C(=O)N2CCCC(C(F)(F)F)C2)cc1. The molecule has 0 aromatic heterocycles. The minimum atomic E-state index is -4.27. The molecule has 1 fully saturated rings. The number of amides is 2. The number of carbonyl (C=O) groups excluding carboxylic acids is 2. The van der Waals surface area contributed by atoms with Gasteiger partial charge in [0, 0.05) is 31.3 Å². The molecule has 7 heteroatoms. The molecule has 2 amide bonds. The Morgan fingerprint density at radius 2 is 1.86 bits per heavy atom. The number of benzene rings is 1. The smallest absolute Gasteiger partial charge is 0.338 e. The highest BCUT2D eigenvalue weighted by Gasteiger charge is 2.42. The first-order valence-corrected chi connectivity index (χ1v) is 7.01. The van der Waals surface area contributed by atoms with Gasteiger partial charge in [0.05, 0.1) is 5.92 Å². The maximum Gasteiger partial charge on any atom is 0.393 e. The predicted octanol–water partition coefficient (Wildman–Crippen LogP) is 3.06. The molecule has 1 heterocycles. The number of likely N-dealkylation sites (tertiary alicyclic amines) is 1. The zero-order valence-electron chi connectivity index (χ0n) is 12.1. The molecule has 0 radical (unpaired) electrons. The molecule has 1 aromatic carbocycles. The van der Waals surface area contributed by atoms with Crippen molar-refractivity contribution in [2.45, 2.75) is 25.9 Å². The third-order valence-corrected chi connectivity index (χ3v) is 3.62. The molecule has 1 aromatic rings. The van der Waals surface area contributed by atoms with Gasteiger partial charge in [-0.15, -0.1) is 0 Å². The minimum absolute atomic E-state index is 0.0642. The molecule has 1 saturated heterocycles. The van der Waals surface area contributed by atoms with Crippen molar-refractivity contribution >= 4 is 17.5 Å². The number of hydrogen-bond acceptors (Lipinski definition) is 2. The number of nitrogens with one attached hydrogen (secondary N) is 1. The second kappa shape index (κ2) is 6.37. The van der Waals surface area contributed by atoms with Crippen molar-refractivity contribution in [3.8, 4) is 0 Å². The van der Waals surface area contributed by atoms with Crippen LogP contribution in [0.2, 0.25) is 0 Å². The van der Waals surface area contributed by atoms with E-state index in [1.165, 1.54) is 24.0 Å². The molecule has 22 heavy (non-hydrogen) atoms. The Labute approximate surface area is 126 Å². The first kappa shape index (κ1) is 16.3. The van der Waals surface area contributed by atoms with Crippen LogP contribution in [0.25, 0.3) is 0 Å². The summed E-state index contributed by atoms with van der Waals surface area (Å²) in [5, 5.41) is 2.56. The minimum Gasteiger partial charge on any atom is -0.338 e. The molecule has 1 unspecified atom stereocenters. The van der Waals surface area contributed by atoms with Crippen LogP contribution in [0.5, 0.6) is 0 Å². The second-order valence-corrected chi connectivity index (χ2v) is 5.39. The van der Waals surface area contributed by atoms with Crippen LogP contribution < -0.4 is 5.32 Å². The maximum atomic E-state index is 12.8. The lowest BCUT2D eigenvalue weighted by molar-refractivity contribution is -0.184. The summed E-state index contributed by atoms with van der Waals surface area (Å²) in [6, 6.07) is 6.12. The third kappa shape index (κ3) is 3.99. The van der Waals surface area contributed by atoms with Crippen LogP contribution >= 0.6 is 0 Å². The van der Waals surface area contributed by atoms with Crippen LogP contribution in [-0.4, -0.2) is 36.0 Å². The van der Waals surface area contributed by atoms with Gasteiger partial charge in [0.1, 0.15) is 0 Å².